The van der Waals surface area contributed by atoms with Crippen molar-refractivity contribution in [1.29, 1.82) is 0 Å². The van der Waals surface area contributed by atoms with Crippen molar-refractivity contribution in [3.8, 4) is 0 Å². The Labute approximate surface area is 315 Å². The van der Waals surface area contributed by atoms with Crippen LogP contribution in [0.1, 0.15) is 63.1 Å². The molecule has 0 atom stereocenters. The maximum absolute atomic E-state index is 2.86. The van der Waals surface area contributed by atoms with Crippen LogP contribution in [0.4, 0.5) is 0 Å². The lowest BCUT2D eigenvalue weighted by Crippen LogP contribution is -2.33. The minimum Gasteiger partial charge on any atom is -0.314 e. The summed E-state index contributed by atoms with van der Waals surface area (Å²) in [7, 11) is -1.88. The molecule has 2 aliphatic carbocycles. The largest absolute Gasteiger partial charge is 0.314 e. The fraction of sp³-hybridized carbons (Fsp3) is 0.184. The number of aromatic nitrogens is 2. The van der Waals surface area contributed by atoms with Crippen LogP contribution in [0.3, 0.4) is 0 Å². The van der Waals surface area contributed by atoms with Gasteiger partial charge in [0.25, 0.3) is 0 Å². The molecule has 6 aromatic carbocycles. The average molecular weight is 723 g/mol. The van der Waals surface area contributed by atoms with Crippen LogP contribution in [0.2, 0.25) is 0 Å². The van der Waals surface area contributed by atoms with Gasteiger partial charge in [0.15, 0.2) is 0 Å². The Morgan fingerprint density at radius 3 is 0.981 bits per heavy atom. The maximum atomic E-state index is 2.86. The number of nitrogens with zero attached hydrogens (tertiary/aromatic N) is 2. The highest BCUT2D eigenvalue weighted by atomic mass is 31.1. The first-order chi connectivity index (χ1) is 25.8. The highest BCUT2D eigenvalue weighted by Crippen LogP contribution is 2.69. The molecular formula is C49H44N2P2. The van der Waals surface area contributed by atoms with E-state index in [4.69, 9.17) is 0 Å². The van der Waals surface area contributed by atoms with Gasteiger partial charge in [-0.05, 0) is 46.9 Å². The Hall–Kier alpha value is -4.74. The van der Waals surface area contributed by atoms with E-state index >= 15 is 0 Å². The molecule has 0 radical (unpaired) electrons. The number of fused-ring (bicyclic) bond motifs is 8. The first-order valence-electron chi connectivity index (χ1n) is 18.9. The normalized spacial score (nSPS) is 16.6. The summed E-state index contributed by atoms with van der Waals surface area (Å²) in [5.74, 6) is 0. The second-order valence-electron chi connectivity index (χ2n) is 16.3. The van der Waals surface area contributed by atoms with E-state index < -0.39 is 16.1 Å². The lowest BCUT2D eigenvalue weighted by Gasteiger charge is -2.37. The van der Waals surface area contributed by atoms with Crippen molar-refractivity contribution >= 4 is 59.2 Å². The summed E-state index contributed by atoms with van der Waals surface area (Å²) in [6.45, 7) is 10.1. The highest BCUT2D eigenvalue weighted by Gasteiger charge is 2.62. The van der Waals surface area contributed by atoms with Gasteiger partial charge in [-0.2, -0.15) is 0 Å². The summed E-state index contributed by atoms with van der Waals surface area (Å²) in [5, 5.41) is 8.34. The molecular weight excluding hydrogens is 679 g/mol. The van der Waals surface area contributed by atoms with Gasteiger partial charge in [-0.25, -0.2) is 0 Å². The molecule has 2 heterocycles. The molecule has 2 aromatic heterocycles. The van der Waals surface area contributed by atoms with Crippen LogP contribution in [0, 0.1) is 0 Å². The molecule has 8 aromatic rings. The Morgan fingerprint density at radius 1 is 0.377 bits per heavy atom. The van der Waals surface area contributed by atoms with Gasteiger partial charge >= 0.3 is 0 Å². The Kier molecular flexibility index (Phi) is 7.53. The fourth-order valence-corrected chi connectivity index (χ4v) is 15.4. The van der Waals surface area contributed by atoms with Crippen molar-refractivity contribution in [1.82, 2.24) is 8.68 Å². The number of benzene rings is 6. The summed E-state index contributed by atoms with van der Waals surface area (Å²) in [4.78, 5) is 0. The molecule has 0 unspecified atom stereocenters. The van der Waals surface area contributed by atoms with Gasteiger partial charge in [0, 0.05) is 43.4 Å². The van der Waals surface area contributed by atoms with Gasteiger partial charge in [-0.3, -0.25) is 0 Å². The molecule has 53 heavy (non-hydrogen) atoms. The SMILES string of the molecule is CC1(C)CC2(CC(C)(C)c3c2n(P(c2ccccc2)c2ccccc2)c2ccccc32)c2c1c1ccccc1n2P(c1ccccc1)c1ccccc1. The quantitative estimate of drug-likeness (QED) is 0.151. The van der Waals surface area contributed by atoms with Gasteiger partial charge in [-0.1, -0.05) is 185 Å². The third-order valence-corrected chi connectivity index (χ3v) is 16.6. The van der Waals surface area contributed by atoms with Crippen LogP contribution in [-0.4, -0.2) is 8.68 Å². The molecule has 2 aliphatic rings. The molecule has 260 valence electrons. The minimum absolute atomic E-state index is 0.0458. The van der Waals surface area contributed by atoms with Crippen LogP contribution in [-0.2, 0) is 16.2 Å². The summed E-state index contributed by atoms with van der Waals surface area (Å²) in [5.41, 5.74) is 8.55. The van der Waals surface area contributed by atoms with Gasteiger partial charge in [0.2, 0.25) is 0 Å². The van der Waals surface area contributed by atoms with Crippen LogP contribution in [0.5, 0.6) is 0 Å². The summed E-state index contributed by atoms with van der Waals surface area (Å²) < 4.78 is 5.72. The fourth-order valence-electron chi connectivity index (χ4n) is 10.3. The summed E-state index contributed by atoms with van der Waals surface area (Å²) in [6, 6.07) is 63.9. The predicted octanol–water partition coefficient (Wildman–Crippen LogP) is 11.0. The molecule has 0 saturated carbocycles. The monoisotopic (exact) mass is 722 g/mol. The zero-order valence-electron chi connectivity index (χ0n) is 30.9. The number of rotatable bonds is 6. The zero-order valence-corrected chi connectivity index (χ0v) is 32.7. The lowest BCUT2D eigenvalue weighted by molar-refractivity contribution is 0.340. The van der Waals surface area contributed by atoms with E-state index in [2.05, 4.69) is 206 Å². The van der Waals surface area contributed by atoms with Crippen molar-refractivity contribution in [2.45, 2.75) is 56.8 Å². The van der Waals surface area contributed by atoms with Crippen LogP contribution in [0.25, 0.3) is 21.8 Å². The second kappa shape index (κ2) is 12.1. The number of hydrogen-bond acceptors (Lipinski definition) is 0. The lowest BCUT2D eigenvalue weighted by atomic mass is 9.74. The van der Waals surface area contributed by atoms with E-state index in [1.165, 1.54) is 65.5 Å². The second-order valence-corrected chi connectivity index (χ2v) is 20.4. The Morgan fingerprint density at radius 2 is 0.660 bits per heavy atom. The van der Waals surface area contributed by atoms with Crippen molar-refractivity contribution in [3.05, 3.63) is 192 Å². The molecule has 0 saturated heterocycles. The Balaban J connectivity index is 1.38. The van der Waals surface area contributed by atoms with Crippen LogP contribution < -0.4 is 21.2 Å². The average Bonchev–Trinajstić information content (AvgIpc) is 3.85. The van der Waals surface area contributed by atoms with Gasteiger partial charge in [0.1, 0.15) is 0 Å². The molecule has 4 heteroatoms. The van der Waals surface area contributed by atoms with Gasteiger partial charge < -0.3 is 8.68 Å². The predicted molar refractivity (Wildman–Crippen MR) is 229 cm³/mol. The van der Waals surface area contributed by atoms with Crippen LogP contribution >= 0.6 is 16.1 Å². The third-order valence-electron chi connectivity index (χ3n) is 11.9. The Bertz CT molecular complexity index is 2350. The molecule has 10 rings (SSSR count). The minimum atomic E-state index is -0.939. The number of para-hydroxylation sites is 2. The summed E-state index contributed by atoms with van der Waals surface area (Å²) in [6.07, 6.45) is 2.14. The molecule has 0 fully saturated rings. The van der Waals surface area contributed by atoms with E-state index in [0.717, 1.165) is 12.8 Å². The molecule has 0 N–H and O–H groups in total. The molecule has 2 nitrogen and oxygen atoms in total. The zero-order chi connectivity index (χ0) is 36.0. The van der Waals surface area contributed by atoms with Crippen molar-refractivity contribution < 1.29 is 0 Å². The standard InChI is InChI=1S/C49H44N2P2/c1-47(2)33-49(45-43(47)39-29-17-19-31-41(39)50(45)52(35-21-9-5-10-22-35)36-23-11-6-12-24-36)34-48(3,4)44-40-30-18-20-32-42(40)51(46(44)49)53(37-25-13-7-14-26-37)38-27-15-8-16-28-38/h5-32H,33-34H2,1-4H3. The first-order valence-corrected chi connectivity index (χ1v) is 21.5. The topological polar surface area (TPSA) is 9.86 Å². The molecule has 0 aliphatic heterocycles. The van der Waals surface area contributed by atoms with E-state index in [1.54, 1.807) is 0 Å². The van der Waals surface area contributed by atoms with Crippen molar-refractivity contribution in [2.24, 2.45) is 0 Å². The maximum Gasteiger partial charge on any atom is 0.0595 e. The summed E-state index contributed by atoms with van der Waals surface area (Å²) >= 11 is 0. The number of hydrogen-bond donors (Lipinski definition) is 0. The van der Waals surface area contributed by atoms with Gasteiger partial charge in [-0.15, -0.1) is 0 Å². The van der Waals surface area contributed by atoms with E-state index in [1.807, 2.05) is 0 Å². The molecule has 0 amide bonds. The third kappa shape index (κ3) is 4.85. The van der Waals surface area contributed by atoms with Crippen molar-refractivity contribution in [2.75, 3.05) is 0 Å². The van der Waals surface area contributed by atoms with E-state index in [0.29, 0.717) is 0 Å². The highest BCUT2D eigenvalue weighted by molar-refractivity contribution is 7.72. The smallest absolute Gasteiger partial charge is 0.0595 e. The molecule has 0 bridgehead atoms. The van der Waals surface area contributed by atoms with E-state index in [-0.39, 0.29) is 16.2 Å². The van der Waals surface area contributed by atoms with E-state index in [9.17, 15) is 0 Å². The van der Waals surface area contributed by atoms with Gasteiger partial charge in [0.05, 0.1) is 32.6 Å². The van der Waals surface area contributed by atoms with Crippen LogP contribution in [0.15, 0.2) is 170 Å². The van der Waals surface area contributed by atoms with Crippen molar-refractivity contribution in [3.63, 3.8) is 0 Å². The molecule has 1 spiro atoms. The first kappa shape index (κ1) is 32.9.